The predicted molar refractivity (Wildman–Crippen MR) is 79.6 cm³/mol. The summed E-state index contributed by atoms with van der Waals surface area (Å²) in [6, 6.07) is 13.2. The van der Waals surface area contributed by atoms with Crippen molar-refractivity contribution in [2.24, 2.45) is 0 Å². The summed E-state index contributed by atoms with van der Waals surface area (Å²) in [6.45, 7) is 2.38. The standard InChI is InChI=1S/C16H15ClN2O/c17-15-5-3-12(4-6-15)16(20)19-8-11-1-2-13-9-18-10-14(13)7-11/h1-7,18H,8-10H2,(H,19,20). The second-order valence-electron chi connectivity index (χ2n) is 4.90. The lowest BCUT2D eigenvalue weighted by Gasteiger charge is -2.07. The minimum Gasteiger partial charge on any atom is -0.348 e. The van der Waals surface area contributed by atoms with Gasteiger partial charge in [0, 0.05) is 30.2 Å². The van der Waals surface area contributed by atoms with Crippen LogP contribution in [0.1, 0.15) is 27.0 Å². The highest BCUT2D eigenvalue weighted by Gasteiger charge is 2.10. The first-order valence-electron chi connectivity index (χ1n) is 6.57. The first-order chi connectivity index (χ1) is 9.72. The molecule has 2 aromatic carbocycles. The zero-order valence-electron chi connectivity index (χ0n) is 10.9. The number of hydrogen-bond acceptors (Lipinski definition) is 2. The van der Waals surface area contributed by atoms with E-state index in [0.29, 0.717) is 17.1 Å². The summed E-state index contributed by atoms with van der Waals surface area (Å²) < 4.78 is 0. The summed E-state index contributed by atoms with van der Waals surface area (Å²) in [6.07, 6.45) is 0. The van der Waals surface area contributed by atoms with Crippen molar-refractivity contribution in [1.82, 2.24) is 10.6 Å². The molecule has 0 aliphatic carbocycles. The van der Waals surface area contributed by atoms with Crippen LogP contribution in [0.15, 0.2) is 42.5 Å². The molecule has 0 spiro atoms. The maximum Gasteiger partial charge on any atom is 0.251 e. The van der Waals surface area contributed by atoms with E-state index < -0.39 is 0 Å². The molecule has 0 saturated heterocycles. The van der Waals surface area contributed by atoms with Gasteiger partial charge in [-0.25, -0.2) is 0 Å². The molecule has 1 aliphatic rings. The molecule has 0 fully saturated rings. The second kappa shape index (κ2) is 5.65. The predicted octanol–water partition coefficient (Wildman–Crippen LogP) is 2.87. The van der Waals surface area contributed by atoms with E-state index in [0.717, 1.165) is 18.7 Å². The number of fused-ring (bicyclic) bond motifs is 1. The van der Waals surface area contributed by atoms with Crippen LogP contribution in [-0.2, 0) is 19.6 Å². The van der Waals surface area contributed by atoms with E-state index in [1.165, 1.54) is 11.1 Å². The first-order valence-corrected chi connectivity index (χ1v) is 6.95. The third-order valence-electron chi connectivity index (χ3n) is 3.46. The van der Waals surface area contributed by atoms with Gasteiger partial charge in [-0.1, -0.05) is 29.8 Å². The average Bonchev–Trinajstić information content (AvgIpc) is 2.93. The summed E-state index contributed by atoms with van der Waals surface area (Å²) in [5.41, 5.74) is 4.41. The largest absolute Gasteiger partial charge is 0.348 e. The number of carbonyl (C=O) groups is 1. The molecule has 0 radical (unpaired) electrons. The topological polar surface area (TPSA) is 41.1 Å². The van der Waals surface area contributed by atoms with Crippen LogP contribution in [-0.4, -0.2) is 5.91 Å². The van der Waals surface area contributed by atoms with Crippen molar-refractivity contribution >= 4 is 17.5 Å². The molecule has 1 heterocycles. The molecule has 1 aliphatic heterocycles. The number of hydrogen-bond donors (Lipinski definition) is 2. The number of benzene rings is 2. The molecule has 102 valence electrons. The first kappa shape index (κ1) is 13.2. The SMILES string of the molecule is O=C(NCc1ccc2c(c1)CNC2)c1ccc(Cl)cc1. The Hall–Kier alpha value is -1.84. The van der Waals surface area contributed by atoms with E-state index >= 15 is 0 Å². The van der Waals surface area contributed by atoms with E-state index in [4.69, 9.17) is 11.6 Å². The van der Waals surface area contributed by atoms with Crippen LogP contribution in [0.3, 0.4) is 0 Å². The van der Waals surface area contributed by atoms with Crippen molar-refractivity contribution in [2.75, 3.05) is 0 Å². The zero-order valence-corrected chi connectivity index (χ0v) is 11.7. The van der Waals surface area contributed by atoms with Crippen molar-refractivity contribution < 1.29 is 4.79 Å². The fourth-order valence-corrected chi connectivity index (χ4v) is 2.47. The van der Waals surface area contributed by atoms with Gasteiger partial charge in [0.2, 0.25) is 0 Å². The third-order valence-corrected chi connectivity index (χ3v) is 3.71. The lowest BCUT2D eigenvalue weighted by molar-refractivity contribution is 0.0951. The molecule has 0 bridgehead atoms. The molecule has 0 unspecified atom stereocenters. The molecule has 0 aromatic heterocycles. The number of rotatable bonds is 3. The Bertz CT molecular complexity index is 637. The summed E-state index contributed by atoms with van der Waals surface area (Å²) in [5, 5.41) is 6.87. The van der Waals surface area contributed by atoms with E-state index in [2.05, 4.69) is 28.8 Å². The fraction of sp³-hybridized carbons (Fsp3) is 0.188. The Balaban J connectivity index is 1.64. The number of amides is 1. The van der Waals surface area contributed by atoms with Gasteiger partial charge in [0.15, 0.2) is 0 Å². The number of nitrogens with one attached hydrogen (secondary N) is 2. The van der Waals surface area contributed by atoms with Gasteiger partial charge >= 0.3 is 0 Å². The fourth-order valence-electron chi connectivity index (χ4n) is 2.34. The quantitative estimate of drug-likeness (QED) is 0.911. The lowest BCUT2D eigenvalue weighted by atomic mass is 10.1. The minimum absolute atomic E-state index is 0.0831. The molecular weight excluding hydrogens is 272 g/mol. The maximum absolute atomic E-state index is 12.0. The Morgan fingerprint density at radius 2 is 1.85 bits per heavy atom. The summed E-state index contributed by atoms with van der Waals surface area (Å²) in [7, 11) is 0. The average molecular weight is 287 g/mol. The van der Waals surface area contributed by atoms with Gasteiger partial charge in [-0.3, -0.25) is 4.79 Å². The highest BCUT2D eigenvalue weighted by atomic mass is 35.5. The molecule has 4 heteroatoms. The smallest absolute Gasteiger partial charge is 0.251 e. The molecule has 1 amide bonds. The second-order valence-corrected chi connectivity index (χ2v) is 5.33. The molecular formula is C16H15ClN2O. The highest BCUT2D eigenvalue weighted by Crippen LogP contribution is 2.17. The van der Waals surface area contributed by atoms with Gasteiger partial charge in [-0.2, -0.15) is 0 Å². The van der Waals surface area contributed by atoms with Crippen LogP contribution >= 0.6 is 11.6 Å². The normalized spacial score (nSPS) is 13.1. The number of halogens is 1. The van der Waals surface area contributed by atoms with Crippen molar-refractivity contribution in [3.63, 3.8) is 0 Å². The van der Waals surface area contributed by atoms with Crippen molar-refractivity contribution in [1.29, 1.82) is 0 Å². The van der Waals surface area contributed by atoms with Crippen molar-refractivity contribution in [3.05, 3.63) is 69.7 Å². The third kappa shape index (κ3) is 2.84. The van der Waals surface area contributed by atoms with E-state index in [9.17, 15) is 4.79 Å². The van der Waals surface area contributed by atoms with Crippen LogP contribution in [0.25, 0.3) is 0 Å². The summed E-state index contributed by atoms with van der Waals surface area (Å²) >= 11 is 5.81. The highest BCUT2D eigenvalue weighted by molar-refractivity contribution is 6.30. The summed E-state index contributed by atoms with van der Waals surface area (Å²) in [5.74, 6) is -0.0831. The van der Waals surface area contributed by atoms with Crippen LogP contribution in [0.5, 0.6) is 0 Å². The molecule has 0 atom stereocenters. The van der Waals surface area contributed by atoms with Crippen LogP contribution in [0.2, 0.25) is 5.02 Å². The Morgan fingerprint density at radius 1 is 1.10 bits per heavy atom. The molecule has 3 rings (SSSR count). The van der Waals surface area contributed by atoms with Gasteiger partial charge in [0.25, 0.3) is 5.91 Å². The Kier molecular flexibility index (Phi) is 3.72. The molecule has 3 nitrogen and oxygen atoms in total. The van der Waals surface area contributed by atoms with Crippen LogP contribution in [0.4, 0.5) is 0 Å². The van der Waals surface area contributed by atoms with Crippen LogP contribution < -0.4 is 10.6 Å². The van der Waals surface area contributed by atoms with Gasteiger partial charge in [-0.15, -0.1) is 0 Å². The van der Waals surface area contributed by atoms with Gasteiger partial charge in [0.1, 0.15) is 0 Å². The minimum atomic E-state index is -0.0831. The van der Waals surface area contributed by atoms with E-state index in [-0.39, 0.29) is 5.91 Å². The molecule has 2 aromatic rings. The number of carbonyl (C=O) groups excluding carboxylic acids is 1. The maximum atomic E-state index is 12.0. The summed E-state index contributed by atoms with van der Waals surface area (Å²) in [4.78, 5) is 12.0. The zero-order chi connectivity index (χ0) is 13.9. The van der Waals surface area contributed by atoms with E-state index in [1.54, 1.807) is 24.3 Å². The molecule has 0 saturated carbocycles. The van der Waals surface area contributed by atoms with Crippen molar-refractivity contribution in [2.45, 2.75) is 19.6 Å². The monoisotopic (exact) mass is 286 g/mol. The van der Waals surface area contributed by atoms with Gasteiger partial charge < -0.3 is 10.6 Å². The Labute approximate surface area is 123 Å². The van der Waals surface area contributed by atoms with E-state index in [1.807, 2.05) is 0 Å². The molecule has 2 N–H and O–H groups in total. The van der Waals surface area contributed by atoms with Crippen molar-refractivity contribution in [3.8, 4) is 0 Å². The lowest BCUT2D eigenvalue weighted by Crippen LogP contribution is -2.22. The van der Waals surface area contributed by atoms with Gasteiger partial charge in [-0.05, 0) is 41.0 Å². The Morgan fingerprint density at radius 3 is 2.65 bits per heavy atom. The van der Waals surface area contributed by atoms with Crippen LogP contribution in [0, 0.1) is 0 Å². The molecule has 20 heavy (non-hydrogen) atoms. The van der Waals surface area contributed by atoms with Gasteiger partial charge in [0.05, 0.1) is 0 Å².